The Bertz CT molecular complexity index is 479. The molecule has 0 saturated heterocycles. The molecule has 0 amide bonds. The van der Waals surface area contributed by atoms with Crippen molar-refractivity contribution in [2.75, 3.05) is 18.1 Å². The van der Waals surface area contributed by atoms with Crippen molar-refractivity contribution in [3.8, 4) is 0 Å². The number of hydrogen-bond acceptors (Lipinski definition) is 5. The van der Waals surface area contributed by atoms with E-state index < -0.39 is 9.84 Å². The van der Waals surface area contributed by atoms with Crippen LogP contribution in [0.2, 0.25) is 0 Å². The van der Waals surface area contributed by atoms with Crippen molar-refractivity contribution in [3.63, 3.8) is 0 Å². The van der Waals surface area contributed by atoms with Crippen molar-refractivity contribution in [3.05, 3.63) is 18.2 Å². The van der Waals surface area contributed by atoms with Crippen LogP contribution in [0.25, 0.3) is 0 Å². The number of ketones is 1. The first-order valence-corrected chi connectivity index (χ1v) is 7.26. The summed E-state index contributed by atoms with van der Waals surface area (Å²) in [5.41, 5.74) is 5.66. The standard InChI is InChI=1S/C10H17N3O3S/c1-2-17(15,16)6-3-10(14)9-7-13(5-4-11)8-12-9/h7-8H,2-6,11H2,1H3. The predicted octanol–water partition coefficient (Wildman–Crippen LogP) is -0.151. The molecule has 0 unspecified atom stereocenters. The Morgan fingerprint density at radius 1 is 1.53 bits per heavy atom. The van der Waals surface area contributed by atoms with E-state index in [-0.39, 0.29) is 23.7 Å². The molecule has 0 aliphatic heterocycles. The summed E-state index contributed by atoms with van der Waals surface area (Å²) in [7, 11) is -3.10. The molecule has 0 bridgehead atoms. The second-order valence-electron chi connectivity index (χ2n) is 3.69. The Morgan fingerprint density at radius 2 is 2.24 bits per heavy atom. The van der Waals surface area contributed by atoms with Crippen LogP contribution >= 0.6 is 0 Å². The molecule has 0 radical (unpaired) electrons. The van der Waals surface area contributed by atoms with Gasteiger partial charge < -0.3 is 10.3 Å². The largest absolute Gasteiger partial charge is 0.335 e. The lowest BCUT2D eigenvalue weighted by atomic mass is 10.2. The summed E-state index contributed by atoms with van der Waals surface area (Å²) in [5.74, 6) is -0.314. The Balaban J connectivity index is 2.58. The number of nitrogens with zero attached hydrogens (tertiary/aromatic N) is 2. The maximum atomic E-state index is 11.7. The third-order valence-electron chi connectivity index (χ3n) is 2.39. The minimum absolute atomic E-state index is 0.0180. The number of nitrogens with two attached hydrogens (primary N) is 1. The lowest BCUT2D eigenvalue weighted by Gasteiger charge is -1.99. The van der Waals surface area contributed by atoms with Gasteiger partial charge in [-0.2, -0.15) is 0 Å². The smallest absolute Gasteiger partial charge is 0.183 e. The number of aromatic nitrogens is 2. The summed E-state index contributed by atoms with van der Waals surface area (Å²) < 4.78 is 24.2. The maximum absolute atomic E-state index is 11.7. The molecule has 0 aliphatic carbocycles. The van der Waals surface area contributed by atoms with Gasteiger partial charge in [0.25, 0.3) is 0 Å². The minimum atomic E-state index is -3.10. The van der Waals surface area contributed by atoms with Gasteiger partial charge in [-0.05, 0) is 0 Å². The highest BCUT2D eigenvalue weighted by Gasteiger charge is 2.14. The quantitative estimate of drug-likeness (QED) is 0.687. The van der Waals surface area contributed by atoms with Gasteiger partial charge in [0.2, 0.25) is 0 Å². The molecule has 1 heterocycles. The summed E-state index contributed by atoms with van der Waals surface area (Å²) in [6.45, 7) is 2.62. The van der Waals surface area contributed by atoms with Crippen molar-refractivity contribution in [2.24, 2.45) is 5.73 Å². The van der Waals surface area contributed by atoms with E-state index in [2.05, 4.69) is 4.98 Å². The topological polar surface area (TPSA) is 95.0 Å². The molecule has 0 spiro atoms. The van der Waals surface area contributed by atoms with Crippen molar-refractivity contribution in [1.29, 1.82) is 0 Å². The molecular weight excluding hydrogens is 242 g/mol. The zero-order valence-corrected chi connectivity index (χ0v) is 10.6. The van der Waals surface area contributed by atoms with Crippen LogP contribution in [0.4, 0.5) is 0 Å². The van der Waals surface area contributed by atoms with Gasteiger partial charge in [-0.15, -0.1) is 0 Å². The molecule has 1 aromatic rings. The van der Waals surface area contributed by atoms with Crippen molar-refractivity contribution >= 4 is 15.6 Å². The van der Waals surface area contributed by atoms with E-state index in [0.717, 1.165) is 0 Å². The first-order valence-electron chi connectivity index (χ1n) is 5.44. The summed E-state index contributed by atoms with van der Waals surface area (Å²) >= 11 is 0. The highest BCUT2D eigenvalue weighted by molar-refractivity contribution is 7.91. The van der Waals surface area contributed by atoms with E-state index in [1.165, 1.54) is 6.33 Å². The van der Waals surface area contributed by atoms with Crippen LogP contribution in [-0.4, -0.2) is 41.8 Å². The van der Waals surface area contributed by atoms with Gasteiger partial charge in [-0.3, -0.25) is 4.79 Å². The number of carbonyl (C=O) groups excluding carboxylic acids is 1. The van der Waals surface area contributed by atoms with Crippen LogP contribution in [0.15, 0.2) is 12.5 Å². The fourth-order valence-corrected chi connectivity index (χ4v) is 2.08. The monoisotopic (exact) mass is 259 g/mol. The Kier molecular flexibility index (Phi) is 4.83. The van der Waals surface area contributed by atoms with Gasteiger partial charge in [-0.1, -0.05) is 6.92 Å². The molecule has 6 nitrogen and oxygen atoms in total. The number of sulfone groups is 1. The molecule has 7 heteroatoms. The summed E-state index contributed by atoms with van der Waals surface area (Å²) in [5, 5.41) is 0. The van der Waals surface area contributed by atoms with Gasteiger partial charge in [0.05, 0.1) is 12.1 Å². The maximum Gasteiger partial charge on any atom is 0.183 e. The van der Waals surface area contributed by atoms with Crippen molar-refractivity contribution < 1.29 is 13.2 Å². The third-order valence-corrected chi connectivity index (χ3v) is 4.09. The number of imidazole rings is 1. The molecule has 2 N–H and O–H groups in total. The zero-order valence-electron chi connectivity index (χ0n) is 9.80. The second kappa shape index (κ2) is 5.92. The lowest BCUT2D eigenvalue weighted by molar-refractivity contribution is 0.0984. The number of rotatable bonds is 7. The lowest BCUT2D eigenvalue weighted by Crippen LogP contribution is -2.13. The van der Waals surface area contributed by atoms with Gasteiger partial charge in [0.15, 0.2) is 5.78 Å². The van der Waals surface area contributed by atoms with E-state index >= 15 is 0 Å². The Labute approximate surface area is 101 Å². The average Bonchev–Trinajstić information content (AvgIpc) is 2.75. The predicted molar refractivity (Wildman–Crippen MR) is 64.6 cm³/mol. The molecule has 1 rings (SSSR count). The van der Waals surface area contributed by atoms with Crippen LogP contribution in [0, 0.1) is 0 Å². The Morgan fingerprint density at radius 3 is 2.82 bits per heavy atom. The summed E-state index contributed by atoms with van der Waals surface area (Å²) in [6.07, 6.45) is 3.10. The van der Waals surface area contributed by atoms with Gasteiger partial charge in [-0.25, -0.2) is 13.4 Å². The normalized spacial score (nSPS) is 11.6. The molecule has 1 aromatic heterocycles. The molecule has 0 aromatic carbocycles. The van der Waals surface area contributed by atoms with Gasteiger partial charge in [0.1, 0.15) is 15.5 Å². The zero-order chi connectivity index (χ0) is 12.9. The van der Waals surface area contributed by atoms with Crippen LogP contribution in [0.3, 0.4) is 0 Å². The minimum Gasteiger partial charge on any atom is -0.335 e. The Hall–Kier alpha value is -1.21. The molecule has 17 heavy (non-hydrogen) atoms. The second-order valence-corrected chi connectivity index (χ2v) is 6.17. The molecule has 0 aliphatic rings. The molecular formula is C10H17N3O3S. The molecule has 0 fully saturated rings. The SMILES string of the molecule is CCS(=O)(=O)CCC(=O)c1cn(CCN)cn1. The molecule has 96 valence electrons. The highest BCUT2D eigenvalue weighted by Crippen LogP contribution is 2.03. The van der Waals surface area contributed by atoms with E-state index in [1.807, 2.05) is 0 Å². The summed E-state index contributed by atoms with van der Waals surface area (Å²) in [6, 6.07) is 0. The number of Topliss-reactive ketones (excluding diaryl/α,β-unsaturated/α-hetero) is 1. The first-order chi connectivity index (χ1) is 7.98. The van der Waals surface area contributed by atoms with E-state index in [1.54, 1.807) is 17.7 Å². The van der Waals surface area contributed by atoms with Gasteiger partial charge in [0, 0.05) is 31.5 Å². The highest BCUT2D eigenvalue weighted by atomic mass is 32.2. The number of carbonyl (C=O) groups is 1. The van der Waals surface area contributed by atoms with E-state index in [9.17, 15) is 13.2 Å². The van der Waals surface area contributed by atoms with Gasteiger partial charge >= 0.3 is 0 Å². The van der Waals surface area contributed by atoms with Crippen molar-refractivity contribution in [1.82, 2.24) is 9.55 Å². The van der Waals surface area contributed by atoms with Crippen LogP contribution in [0.5, 0.6) is 0 Å². The summed E-state index contributed by atoms with van der Waals surface area (Å²) in [4.78, 5) is 15.6. The average molecular weight is 259 g/mol. The number of hydrogen-bond donors (Lipinski definition) is 1. The first kappa shape index (κ1) is 13.9. The van der Waals surface area contributed by atoms with E-state index in [0.29, 0.717) is 18.8 Å². The third kappa shape index (κ3) is 4.27. The molecule has 0 saturated carbocycles. The van der Waals surface area contributed by atoms with Crippen LogP contribution in [0.1, 0.15) is 23.8 Å². The van der Waals surface area contributed by atoms with Crippen LogP contribution < -0.4 is 5.73 Å². The fourth-order valence-electron chi connectivity index (χ4n) is 1.30. The van der Waals surface area contributed by atoms with Crippen molar-refractivity contribution in [2.45, 2.75) is 19.9 Å². The van der Waals surface area contributed by atoms with Crippen LogP contribution in [-0.2, 0) is 16.4 Å². The fraction of sp³-hybridized carbons (Fsp3) is 0.600. The molecule has 0 atom stereocenters. The van der Waals surface area contributed by atoms with E-state index in [4.69, 9.17) is 5.73 Å².